The Morgan fingerprint density at radius 2 is 1.72 bits per heavy atom. The molecule has 3 heteroatoms. The lowest BCUT2D eigenvalue weighted by Gasteiger charge is -2.18. The average Bonchev–Trinajstić information content (AvgIpc) is 2.52. The van der Waals surface area contributed by atoms with Crippen LogP contribution in [0.4, 0.5) is 0 Å². The van der Waals surface area contributed by atoms with Gasteiger partial charge in [0.2, 0.25) is 0 Å². The van der Waals surface area contributed by atoms with Crippen LogP contribution in [0.15, 0.2) is 48.5 Å². The van der Waals surface area contributed by atoms with Crippen LogP contribution in [-0.2, 0) is 11.4 Å². The van der Waals surface area contributed by atoms with Crippen LogP contribution in [0.25, 0.3) is 0 Å². The molecule has 0 spiro atoms. The van der Waals surface area contributed by atoms with Gasteiger partial charge in [0.15, 0.2) is 0 Å². The monoisotopic (exact) mass is 340 g/mol. The van der Waals surface area contributed by atoms with Gasteiger partial charge in [-0.2, -0.15) is 0 Å². The molecule has 0 aromatic heterocycles. The molecule has 0 heterocycles. The second kappa shape index (κ2) is 8.19. The van der Waals surface area contributed by atoms with Crippen LogP contribution in [-0.4, -0.2) is 5.97 Å². The number of benzene rings is 2. The maximum atomic E-state index is 12.1. The van der Waals surface area contributed by atoms with Crippen molar-refractivity contribution in [1.29, 1.82) is 0 Å². The zero-order valence-electron chi connectivity index (χ0n) is 15.8. The van der Waals surface area contributed by atoms with E-state index >= 15 is 0 Å². The first kappa shape index (κ1) is 19.0. The minimum Gasteiger partial charge on any atom is -0.489 e. The number of ether oxygens (including phenoxy) is 2. The molecule has 0 amide bonds. The fourth-order valence-corrected chi connectivity index (χ4v) is 2.51. The average molecular weight is 340 g/mol. The highest BCUT2D eigenvalue weighted by molar-refractivity contribution is 5.73. The van der Waals surface area contributed by atoms with Gasteiger partial charge in [0.25, 0.3) is 0 Å². The van der Waals surface area contributed by atoms with Gasteiger partial charge in [-0.3, -0.25) is 4.79 Å². The molecule has 3 nitrogen and oxygen atoms in total. The highest BCUT2D eigenvalue weighted by atomic mass is 16.5. The number of hydrogen-bond donors (Lipinski definition) is 0. The van der Waals surface area contributed by atoms with Gasteiger partial charge in [0.1, 0.15) is 18.1 Å². The van der Waals surface area contributed by atoms with Gasteiger partial charge in [-0.05, 0) is 35.1 Å². The van der Waals surface area contributed by atoms with Crippen LogP contribution >= 0.6 is 0 Å². The summed E-state index contributed by atoms with van der Waals surface area (Å²) in [5, 5.41) is 0. The normalized spacial score (nSPS) is 11.4. The Morgan fingerprint density at radius 1 is 1.04 bits per heavy atom. The molecule has 0 fully saturated rings. The van der Waals surface area contributed by atoms with Crippen molar-refractivity contribution in [2.45, 2.75) is 53.6 Å². The van der Waals surface area contributed by atoms with Gasteiger partial charge in [0.05, 0.1) is 6.42 Å². The standard InChI is InChI=1S/C22H28O3/c1-16(2)19-13-18(25-21(23)14-22(3,4)5)11-12-20(19)24-15-17-9-7-6-8-10-17/h6-13,16H,14-15H2,1-5H3. The molecule has 0 N–H and O–H groups in total. The predicted octanol–water partition coefficient (Wildman–Crippen LogP) is 5.73. The Labute approximate surface area is 151 Å². The van der Waals surface area contributed by atoms with Gasteiger partial charge in [0, 0.05) is 5.56 Å². The predicted molar refractivity (Wildman–Crippen MR) is 101 cm³/mol. The molecule has 0 aliphatic rings. The molecule has 2 aromatic rings. The molecule has 2 rings (SSSR count). The second-order valence-electron chi connectivity index (χ2n) is 7.84. The van der Waals surface area contributed by atoms with E-state index < -0.39 is 0 Å². The van der Waals surface area contributed by atoms with Crippen LogP contribution in [0, 0.1) is 5.41 Å². The highest BCUT2D eigenvalue weighted by Gasteiger charge is 2.18. The fraction of sp³-hybridized carbons (Fsp3) is 0.409. The first-order chi connectivity index (χ1) is 11.7. The van der Waals surface area contributed by atoms with Crippen LogP contribution < -0.4 is 9.47 Å². The summed E-state index contributed by atoms with van der Waals surface area (Å²) in [5.41, 5.74) is 2.08. The summed E-state index contributed by atoms with van der Waals surface area (Å²) in [6, 6.07) is 15.7. The van der Waals surface area contributed by atoms with Gasteiger partial charge in [-0.15, -0.1) is 0 Å². The third-order valence-electron chi connectivity index (χ3n) is 3.75. The Morgan fingerprint density at radius 3 is 2.32 bits per heavy atom. The van der Waals surface area contributed by atoms with Crippen LogP contribution in [0.3, 0.4) is 0 Å². The van der Waals surface area contributed by atoms with E-state index in [1.54, 1.807) is 6.07 Å². The van der Waals surface area contributed by atoms with Crippen LogP contribution in [0.5, 0.6) is 11.5 Å². The molecule has 0 unspecified atom stereocenters. The largest absolute Gasteiger partial charge is 0.489 e. The van der Waals surface area contributed by atoms with Gasteiger partial charge >= 0.3 is 5.97 Å². The topological polar surface area (TPSA) is 35.5 Å². The highest BCUT2D eigenvalue weighted by Crippen LogP contribution is 2.31. The summed E-state index contributed by atoms with van der Waals surface area (Å²) in [5.74, 6) is 1.46. The number of carbonyl (C=O) groups is 1. The van der Waals surface area contributed by atoms with E-state index in [1.165, 1.54) is 0 Å². The van der Waals surface area contributed by atoms with E-state index in [0.717, 1.165) is 16.9 Å². The second-order valence-corrected chi connectivity index (χ2v) is 7.84. The first-order valence-corrected chi connectivity index (χ1v) is 8.76. The maximum absolute atomic E-state index is 12.1. The SMILES string of the molecule is CC(C)c1cc(OC(=O)CC(C)(C)C)ccc1OCc1ccccc1. The number of hydrogen-bond acceptors (Lipinski definition) is 3. The van der Waals surface area contributed by atoms with Crippen LogP contribution in [0.2, 0.25) is 0 Å². The summed E-state index contributed by atoms with van der Waals surface area (Å²) >= 11 is 0. The van der Waals surface area contributed by atoms with Crippen molar-refractivity contribution < 1.29 is 14.3 Å². The maximum Gasteiger partial charge on any atom is 0.311 e. The first-order valence-electron chi connectivity index (χ1n) is 8.76. The van der Waals surface area contributed by atoms with E-state index in [2.05, 4.69) is 13.8 Å². The molecule has 0 saturated carbocycles. The van der Waals surface area contributed by atoms with Crippen molar-refractivity contribution in [2.24, 2.45) is 5.41 Å². The molecule has 0 radical (unpaired) electrons. The van der Waals surface area contributed by atoms with Crippen LogP contribution in [0.1, 0.15) is 58.1 Å². The Bertz CT molecular complexity index is 697. The Hall–Kier alpha value is -2.29. The van der Waals surface area contributed by atoms with Crippen molar-refractivity contribution in [2.75, 3.05) is 0 Å². The zero-order valence-corrected chi connectivity index (χ0v) is 15.8. The van der Waals surface area contributed by atoms with E-state index in [4.69, 9.17) is 9.47 Å². The van der Waals surface area contributed by atoms with E-state index in [-0.39, 0.29) is 17.3 Å². The molecule has 0 saturated heterocycles. The van der Waals surface area contributed by atoms with Gasteiger partial charge in [-0.1, -0.05) is 65.0 Å². The Balaban J connectivity index is 2.10. The molecule has 0 atom stereocenters. The number of esters is 1. The zero-order chi connectivity index (χ0) is 18.4. The minimum atomic E-state index is -0.208. The van der Waals surface area contributed by atoms with Crippen molar-refractivity contribution in [3.8, 4) is 11.5 Å². The molecule has 2 aromatic carbocycles. The molecule has 25 heavy (non-hydrogen) atoms. The van der Waals surface area contributed by atoms with Crippen molar-refractivity contribution >= 4 is 5.97 Å². The number of rotatable bonds is 6. The third kappa shape index (κ3) is 6.26. The summed E-state index contributed by atoms with van der Waals surface area (Å²) in [4.78, 5) is 12.1. The van der Waals surface area contributed by atoms with E-state index in [1.807, 2.05) is 63.2 Å². The van der Waals surface area contributed by atoms with Crippen molar-refractivity contribution in [3.63, 3.8) is 0 Å². The smallest absolute Gasteiger partial charge is 0.311 e. The molecular weight excluding hydrogens is 312 g/mol. The van der Waals surface area contributed by atoms with Crippen molar-refractivity contribution in [1.82, 2.24) is 0 Å². The number of carbonyl (C=O) groups excluding carboxylic acids is 1. The minimum absolute atomic E-state index is 0.0866. The van der Waals surface area contributed by atoms with Gasteiger partial charge in [-0.25, -0.2) is 0 Å². The molecular formula is C22H28O3. The molecule has 134 valence electrons. The lowest BCUT2D eigenvalue weighted by Crippen LogP contribution is -2.17. The fourth-order valence-electron chi connectivity index (χ4n) is 2.51. The summed E-state index contributed by atoms with van der Waals surface area (Å²) in [6.45, 7) is 10.8. The quantitative estimate of drug-likeness (QED) is 0.497. The van der Waals surface area contributed by atoms with E-state index in [0.29, 0.717) is 18.8 Å². The summed E-state index contributed by atoms with van der Waals surface area (Å²) in [7, 11) is 0. The molecule has 0 bridgehead atoms. The summed E-state index contributed by atoms with van der Waals surface area (Å²) in [6.07, 6.45) is 0.385. The molecule has 0 aliphatic heterocycles. The Kier molecular flexibility index (Phi) is 6.24. The lowest BCUT2D eigenvalue weighted by atomic mass is 9.92. The van der Waals surface area contributed by atoms with Crippen molar-refractivity contribution in [3.05, 3.63) is 59.7 Å². The third-order valence-corrected chi connectivity index (χ3v) is 3.75. The lowest BCUT2D eigenvalue weighted by molar-refractivity contribution is -0.136. The van der Waals surface area contributed by atoms with E-state index in [9.17, 15) is 4.79 Å². The van der Waals surface area contributed by atoms with Gasteiger partial charge < -0.3 is 9.47 Å². The molecule has 0 aliphatic carbocycles. The summed E-state index contributed by atoms with van der Waals surface area (Å²) < 4.78 is 11.5.